The molecule has 6 nitrogen and oxygen atoms in total. The molecule has 0 radical (unpaired) electrons. The number of rotatable bonds is 6. The van der Waals surface area contributed by atoms with Gasteiger partial charge in [-0.3, -0.25) is 10.1 Å². The molecule has 0 spiro atoms. The lowest BCUT2D eigenvalue weighted by Gasteiger charge is -2.17. The van der Waals surface area contributed by atoms with E-state index >= 15 is 0 Å². The van der Waals surface area contributed by atoms with Gasteiger partial charge in [-0.1, -0.05) is 13.8 Å². The van der Waals surface area contributed by atoms with Crippen molar-refractivity contribution in [3.05, 3.63) is 28.1 Å². The van der Waals surface area contributed by atoms with Crippen LogP contribution in [0.3, 0.4) is 0 Å². The SMILES string of the molecule is COc1cc(NCC(N)C(C)C)c(F)cc1[N+](=O)[O-]. The zero-order valence-electron chi connectivity index (χ0n) is 11.1. The van der Waals surface area contributed by atoms with E-state index in [4.69, 9.17) is 10.5 Å². The zero-order chi connectivity index (χ0) is 14.6. The molecule has 1 aromatic rings. The number of halogens is 1. The van der Waals surface area contributed by atoms with E-state index < -0.39 is 16.4 Å². The van der Waals surface area contributed by atoms with Gasteiger partial charge in [0.2, 0.25) is 0 Å². The van der Waals surface area contributed by atoms with Gasteiger partial charge in [0.15, 0.2) is 11.6 Å². The Balaban J connectivity index is 2.94. The predicted octanol–water partition coefficient (Wildman–Crippen LogP) is 2.14. The van der Waals surface area contributed by atoms with Gasteiger partial charge in [0.25, 0.3) is 0 Å². The van der Waals surface area contributed by atoms with Crippen LogP contribution in [-0.2, 0) is 0 Å². The van der Waals surface area contributed by atoms with Crippen LogP contribution in [0.1, 0.15) is 13.8 Å². The fourth-order valence-corrected chi connectivity index (χ4v) is 1.45. The summed E-state index contributed by atoms with van der Waals surface area (Å²) in [6.45, 7) is 4.29. The second-order valence-corrected chi connectivity index (χ2v) is 4.55. The fourth-order valence-electron chi connectivity index (χ4n) is 1.45. The number of nitro groups is 1. The molecule has 106 valence electrons. The Morgan fingerprint density at radius 2 is 2.16 bits per heavy atom. The van der Waals surface area contributed by atoms with Gasteiger partial charge in [0.1, 0.15) is 0 Å². The lowest BCUT2D eigenvalue weighted by Crippen LogP contribution is -2.34. The van der Waals surface area contributed by atoms with Crippen LogP contribution < -0.4 is 15.8 Å². The Hall–Kier alpha value is -1.89. The molecule has 0 aliphatic rings. The molecule has 0 aliphatic carbocycles. The highest BCUT2D eigenvalue weighted by molar-refractivity contribution is 5.59. The number of methoxy groups -OCH3 is 1. The minimum absolute atomic E-state index is 0.00650. The van der Waals surface area contributed by atoms with Gasteiger partial charge < -0.3 is 15.8 Å². The van der Waals surface area contributed by atoms with Crippen molar-refractivity contribution in [1.82, 2.24) is 0 Å². The van der Waals surface area contributed by atoms with Crippen molar-refractivity contribution in [1.29, 1.82) is 0 Å². The molecule has 0 fully saturated rings. The van der Waals surface area contributed by atoms with Crippen LogP contribution in [0.15, 0.2) is 12.1 Å². The first kappa shape index (κ1) is 15.2. The average molecular weight is 271 g/mol. The van der Waals surface area contributed by atoms with Crippen molar-refractivity contribution in [2.45, 2.75) is 19.9 Å². The Kier molecular flexibility index (Phi) is 5.05. The van der Waals surface area contributed by atoms with Crippen LogP contribution in [0.5, 0.6) is 5.75 Å². The Bertz CT molecular complexity index is 466. The van der Waals surface area contributed by atoms with E-state index in [0.29, 0.717) is 6.54 Å². The molecule has 0 heterocycles. The number of nitrogens with two attached hydrogens (primary N) is 1. The van der Waals surface area contributed by atoms with E-state index in [1.807, 2.05) is 13.8 Å². The van der Waals surface area contributed by atoms with Crippen molar-refractivity contribution in [2.75, 3.05) is 19.0 Å². The Morgan fingerprint density at radius 3 is 2.63 bits per heavy atom. The number of hydrogen-bond donors (Lipinski definition) is 2. The van der Waals surface area contributed by atoms with Crippen molar-refractivity contribution in [3.8, 4) is 5.75 Å². The monoisotopic (exact) mass is 271 g/mol. The normalized spacial score (nSPS) is 12.3. The van der Waals surface area contributed by atoms with Crippen molar-refractivity contribution >= 4 is 11.4 Å². The number of ether oxygens (including phenoxy) is 1. The van der Waals surface area contributed by atoms with Crippen molar-refractivity contribution in [3.63, 3.8) is 0 Å². The van der Waals surface area contributed by atoms with Gasteiger partial charge in [0.05, 0.1) is 23.8 Å². The molecule has 3 N–H and O–H groups in total. The van der Waals surface area contributed by atoms with Crippen LogP contribution in [0.25, 0.3) is 0 Å². The van der Waals surface area contributed by atoms with E-state index in [1.165, 1.54) is 13.2 Å². The van der Waals surface area contributed by atoms with E-state index in [0.717, 1.165) is 6.07 Å². The summed E-state index contributed by atoms with van der Waals surface area (Å²) in [5.74, 6) is -0.453. The second kappa shape index (κ2) is 6.33. The Labute approximate surface area is 110 Å². The summed E-state index contributed by atoms with van der Waals surface area (Å²) in [5, 5.41) is 13.6. The van der Waals surface area contributed by atoms with Crippen molar-refractivity contribution < 1.29 is 14.1 Å². The molecule has 0 aromatic heterocycles. The summed E-state index contributed by atoms with van der Waals surface area (Å²) in [4.78, 5) is 10.0. The molecule has 7 heteroatoms. The smallest absolute Gasteiger partial charge is 0.313 e. The van der Waals surface area contributed by atoms with E-state index in [9.17, 15) is 14.5 Å². The van der Waals surface area contributed by atoms with E-state index in [1.54, 1.807) is 0 Å². The first-order chi connectivity index (χ1) is 8.86. The quantitative estimate of drug-likeness (QED) is 0.611. The molecule has 0 saturated heterocycles. The van der Waals surface area contributed by atoms with Crippen LogP contribution in [0, 0.1) is 21.8 Å². The minimum Gasteiger partial charge on any atom is -0.490 e. The summed E-state index contributed by atoms with van der Waals surface area (Å²) in [7, 11) is 1.30. The third-order valence-corrected chi connectivity index (χ3v) is 2.85. The highest BCUT2D eigenvalue weighted by Gasteiger charge is 2.19. The van der Waals surface area contributed by atoms with Gasteiger partial charge >= 0.3 is 5.69 Å². The maximum atomic E-state index is 13.7. The molecular weight excluding hydrogens is 253 g/mol. The number of benzene rings is 1. The number of nitrogens with zero attached hydrogens (tertiary/aromatic N) is 1. The van der Waals surface area contributed by atoms with Gasteiger partial charge in [-0.2, -0.15) is 0 Å². The van der Waals surface area contributed by atoms with E-state index in [2.05, 4.69) is 5.32 Å². The van der Waals surface area contributed by atoms with Gasteiger partial charge in [-0.25, -0.2) is 4.39 Å². The molecule has 1 atom stereocenters. The molecule has 0 saturated carbocycles. The van der Waals surface area contributed by atoms with Crippen LogP contribution >= 0.6 is 0 Å². The summed E-state index contributed by atoms with van der Waals surface area (Å²) in [6, 6.07) is 1.96. The fraction of sp³-hybridized carbons (Fsp3) is 0.500. The topological polar surface area (TPSA) is 90.4 Å². The number of hydrogen-bond acceptors (Lipinski definition) is 5. The highest BCUT2D eigenvalue weighted by atomic mass is 19.1. The number of nitro benzene ring substituents is 1. The first-order valence-corrected chi connectivity index (χ1v) is 5.88. The third-order valence-electron chi connectivity index (χ3n) is 2.85. The lowest BCUT2D eigenvalue weighted by atomic mass is 10.1. The lowest BCUT2D eigenvalue weighted by molar-refractivity contribution is -0.385. The predicted molar refractivity (Wildman–Crippen MR) is 70.9 cm³/mol. The molecule has 0 bridgehead atoms. The molecule has 1 unspecified atom stereocenters. The molecule has 0 amide bonds. The molecule has 1 aromatic carbocycles. The van der Waals surface area contributed by atoms with Crippen LogP contribution in [-0.4, -0.2) is 24.6 Å². The van der Waals surface area contributed by atoms with Gasteiger partial charge in [-0.05, 0) is 5.92 Å². The minimum atomic E-state index is -0.705. The number of nitrogens with one attached hydrogen (secondary N) is 1. The second-order valence-electron chi connectivity index (χ2n) is 4.55. The Morgan fingerprint density at radius 1 is 1.53 bits per heavy atom. The van der Waals surface area contributed by atoms with Gasteiger partial charge in [-0.15, -0.1) is 0 Å². The van der Waals surface area contributed by atoms with E-state index in [-0.39, 0.29) is 23.4 Å². The molecule has 1 rings (SSSR count). The highest BCUT2D eigenvalue weighted by Crippen LogP contribution is 2.32. The number of anilines is 1. The third kappa shape index (κ3) is 3.78. The molecule has 19 heavy (non-hydrogen) atoms. The van der Waals surface area contributed by atoms with Crippen LogP contribution in [0.4, 0.5) is 15.8 Å². The van der Waals surface area contributed by atoms with Gasteiger partial charge in [0, 0.05) is 18.7 Å². The zero-order valence-corrected chi connectivity index (χ0v) is 11.1. The largest absolute Gasteiger partial charge is 0.490 e. The summed E-state index contributed by atoms with van der Waals surface area (Å²) >= 11 is 0. The maximum Gasteiger partial charge on any atom is 0.313 e. The average Bonchev–Trinajstić information content (AvgIpc) is 2.36. The standard InChI is InChI=1S/C12H18FN3O3/c1-7(2)9(14)6-15-10-5-12(19-3)11(16(17)18)4-8(10)13/h4-5,7,9,15H,6,14H2,1-3H3. The summed E-state index contributed by atoms with van der Waals surface area (Å²) in [6.07, 6.45) is 0. The van der Waals surface area contributed by atoms with Crippen molar-refractivity contribution in [2.24, 2.45) is 11.7 Å². The molecular formula is C12H18FN3O3. The summed E-state index contributed by atoms with van der Waals surface area (Å²) in [5.41, 5.74) is 5.57. The maximum absolute atomic E-state index is 13.7. The molecule has 0 aliphatic heterocycles. The summed E-state index contributed by atoms with van der Waals surface area (Å²) < 4.78 is 18.6. The first-order valence-electron chi connectivity index (χ1n) is 5.88. The van der Waals surface area contributed by atoms with Crippen LogP contribution in [0.2, 0.25) is 0 Å².